The molecular weight excluding hydrogens is 508 g/mol. The predicted molar refractivity (Wildman–Crippen MR) is 135 cm³/mol. The van der Waals surface area contributed by atoms with Crippen molar-refractivity contribution in [2.75, 3.05) is 19.7 Å². The van der Waals surface area contributed by atoms with Crippen LogP contribution in [0.1, 0.15) is 38.5 Å². The molecule has 0 saturated carbocycles. The molecule has 0 bridgehead atoms. The number of rotatable bonds is 19. The van der Waals surface area contributed by atoms with Gasteiger partial charge in [0.15, 0.2) is 11.9 Å². The number of amides is 3. The molecule has 0 aromatic carbocycles. The average Bonchev–Trinajstić information content (AvgIpc) is 2.83. The summed E-state index contributed by atoms with van der Waals surface area (Å²) in [7, 11) is 0. The molecule has 0 heterocycles. The summed E-state index contributed by atoms with van der Waals surface area (Å²) in [5.41, 5.74) is 26.6. The molecule has 0 aromatic rings. The first-order chi connectivity index (χ1) is 17.8. The molecule has 0 aliphatic rings. The van der Waals surface area contributed by atoms with E-state index in [9.17, 15) is 34.2 Å². The van der Waals surface area contributed by atoms with Crippen molar-refractivity contribution in [3.05, 3.63) is 0 Å². The zero-order valence-corrected chi connectivity index (χ0v) is 20.8. The lowest BCUT2D eigenvalue weighted by atomic mass is 10.1. The standard InChI is InChI=1S/C20H38N10O8/c21-10(5-6-14(32)33)15(34)30-13(9-31)17(36)28-11(3-1-7-26-19(22)23)16(35)29-12(18(37)38)4-2-8-27-20(24)25/h10-13,31H,1-9,21H2,(H,28,36)(H,29,35)(H,30,34)(H,32,33)(H,37,38)(H4,22,23,26)(H4,24,25,27). The first kappa shape index (κ1) is 33.8. The molecule has 16 N–H and O–H groups in total. The van der Waals surface area contributed by atoms with Gasteiger partial charge in [0.2, 0.25) is 17.7 Å². The Morgan fingerprint density at radius 3 is 1.58 bits per heavy atom. The molecule has 216 valence electrons. The van der Waals surface area contributed by atoms with Crippen LogP contribution in [0.5, 0.6) is 0 Å². The van der Waals surface area contributed by atoms with Crippen LogP contribution in [0.15, 0.2) is 9.98 Å². The molecule has 3 amide bonds. The molecule has 0 spiro atoms. The molecule has 0 aliphatic carbocycles. The fraction of sp³-hybridized carbons (Fsp3) is 0.650. The van der Waals surface area contributed by atoms with Crippen molar-refractivity contribution in [3.8, 4) is 0 Å². The van der Waals surface area contributed by atoms with E-state index in [1.165, 1.54) is 0 Å². The molecule has 18 heteroatoms. The van der Waals surface area contributed by atoms with Crippen LogP contribution in [0, 0.1) is 0 Å². The van der Waals surface area contributed by atoms with E-state index in [2.05, 4.69) is 25.9 Å². The van der Waals surface area contributed by atoms with E-state index in [0.29, 0.717) is 0 Å². The third-order valence-electron chi connectivity index (χ3n) is 4.96. The lowest BCUT2D eigenvalue weighted by molar-refractivity contribution is -0.142. The largest absolute Gasteiger partial charge is 0.481 e. The fourth-order valence-corrected chi connectivity index (χ4v) is 2.96. The molecule has 4 unspecified atom stereocenters. The molecule has 0 aromatic heterocycles. The van der Waals surface area contributed by atoms with Gasteiger partial charge in [-0.15, -0.1) is 0 Å². The molecule has 0 saturated heterocycles. The number of carbonyl (C=O) groups is 5. The second kappa shape index (κ2) is 18.1. The van der Waals surface area contributed by atoms with E-state index >= 15 is 0 Å². The Labute approximate surface area is 218 Å². The van der Waals surface area contributed by atoms with Crippen LogP contribution in [0.4, 0.5) is 0 Å². The Bertz CT molecular complexity index is 874. The molecule has 4 atom stereocenters. The number of carboxylic acid groups (broad SMARTS) is 2. The summed E-state index contributed by atoms with van der Waals surface area (Å²) < 4.78 is 0. The second-order valence-corrected chi connectivity index (χ2v) is 8.14. The maximum Gasteiger partial charge on any atom is 0.326 e. The monoisotopic (exact) mass is 546 g/mol. The van der Waals surface area contributed by atoms with E-state index in [4.69, 9.17) is 33.8 Å². The predicted octanol–water partition coefficient (Wildman–Crippen LogP) is -5.18. The number of carboxylic acids is 2. The SMILES string of the molecule is NC(N)=NCCCC(NC(=O)C(CCCN=C(N)N)NC(=O)C(CO)NC(=O)C(N)CCC(=O)O)C(=O)O. The Morgan fingerprint density at radius 1 is 0.684 bits per heavy atom. The minimum atomic E-state index is -1.53. The normalized spacial score (nSPS) is 13.6. The molecular formula is C20H38N10O8. The molecule has 38 heavy (non-hydrogen) atoms. The van der Waals surface area contributed by atoms with Gasteiger partial charge in [-0.3, -0.25) is 29.2 Å². The van der Waals surface area contributed by atoms with Crippen molar-refractivity contribution >= 4 is 41.6 Å². The van der Waals surface area contributed by atoms with Gasteiger partial charge in [0, 0.05) is 19.5 Å². The van der Waals surface area contributed by atoms with E-state index in [0.717, 1.165) is 0 Å². The van der Waals surface area contributed by atoms with Gasteiger partial charge in [-0.2, -0.15) is 0 Å². The Kier molecular flexibility index (Phi) is 16.1. The van der Waals surface area contributed by atoms with E-state index < -0.39 is 60.4 Å². The van der Waals surface area contributed by atoms with Crippen molar-refractivity contribution in [2.24, 2.45) is 38.7 Å². The zero-order valence-electron chi connectivity index (χ0n) is 20.8. The van der Waals surface area contributed by atoms with Gasteiger partial charge in [0.1, 0.15) is 18.1 Å². The van der Waals surface area contributed by atoms with Gasteiger partial charge in [-0.05, 0) is 32.1 Å². The third kappa shape index (κ3) is 15.0. The summed E-state index contributed by atoms with van der Waals surface area (Å²) in [6.07, 6.45) is -0.211. The number of nitrogens with two attached hydrogens (primary N) is 5. The fourth-order valence-electron chi connectivity index (χ4n) is 2.96. The van der Waals surface area contributed by atoms with Gasteiger partial charge in [-0.1, -0.05) is 0 Å². The number of carbonyl (C=O) groups excluding carboxylic acids is 3. The van der Waals surface area contributed by atoms with Gasteiger partial charge >= 0.3 is 11.9 Å². The first-order valence-electron chi connectivity index (χ1n) is 11.6. The number of nitrogens with one attached hydrogen (secondary N) is 3. The Hall–Kier alpha value is -4.19. The van der Waals surface area contributed by atoms with Crippen LogP contribution >= 0.6 is 0 Å². The Balaban J connectivity index is 5.41. The number of hydrogen-bond donors (Lipinski definition) is 11. The van der Waals surface area contributed by atoms with Crippen LogP contribution < -0.4 is 44.6 Å². The number of aliphatic hydroxyl groups excluding tert-OH is 1. The average molecular weight is 547 g/mol. The number of nitrogens with zero attached hydrogens (tertiary/aromatic N) is 2. The molecule has 0 fully saturated rings. The van der Waals surface area contributed by atoms with Gasteiger partial charge in [0.25, 0.3) is 0 Å². The van der Waals surface area contributed by atoms with Crippen molar-refractivity contribution in [1.82, 2.24) is 16.0 Å². The molecule has 18 nitrogen and oxygen atoms in total. The smallest absolute Gasteiger partial charge is 0.326 e. The van der Waals surface area contributed by atoms with Crippen molar-refractivity contribution in [3.63, 3.8) is 0 Å². The van der Waals surface area contributed by atoms with Gasteiger partial charge < -0.3 is 59.9 Å². The molecule has 0 radical (unpaired) electrons. The summed E-state index contributed by atoms with van der Waals surface area (Å²) in [6, 6.07) is -5.40. The van der Waals surface area contributed by atoms with Crippen LogP contribution in [0.25, 0.3) is 0 Å². The van der Waals surface area contributed by atoms with Crippen LogP contribution in [0.3, 0.4) is 0 Å². The molecule has 0 aliphatic heterocycles. The van der Waals surface area contributed by atoms with Gasteiger partial charge in [0.05, 0.1) is 12.6 Å². The van der Waals surface area contributed by atoms with Gasteiger partial charge in [-0.25, -0.2) is 4.79 Å². The highest BCUT2D eigenvalue weighted by Crippen LogP contribution is 2.04. The third-order valence-corrected chi connectivity index (χ3v) is 4.96. The van der Waals surface area contributed by atoms with Crippen molar-refractivity contribution in [1.29, 1.82) is 0 Å². The summed E-state index contributed by atoms with van der Waals surface area (Å²) in [6.45, 7) is -0.636. The first-order valence-corrected chi connectivity index (χ1v) is 11.6. The highest BCUT2D eigenvalue weighted by Gasteiger charge is 2.30. The summed E-state index contributed by atoms with van der Waals surface area (Å²) in [5, 5.41) is 34.6. The highest BCUT2D eigenvalue weighted by molar-refractivity contribution is 5.94. The maximum atomic E-state index is 12.9. The zero-order chi connectivity index (χ0) is 29.3. The Morgan fingerprint density at radius 2 is 1.13 bits per heavy atom. The van der Waals surface area contributed by atoms with Crippen LogP contribution in [0.2, 0.25) is 0 Å². The highest BCUT2D eigenvalue weighted by atomic mass is 16.4. The second-order valence-electron chi connectivity index (χ2n) is 8.14. The topological polar surface area (TPSA) is 337 Å². The maximum absolute atomic E-state index is 12.9. The molecule has 0 rings (SSSR count). The van der Waals surface area contributed by atoms with Crippen molar-refractivity contribution < 1.29 is 39.3 Å². The lowest BCUT2D eigenvalue weighted by Crippen LogP contribution is -2.58. The number of hydrogen-bond acceptors (Lipinski definition) is 9. The quantitative estimate of drug-likeness (QED) is 0.0410. The summed E-state index contributed by atoms with van der Waals surface area (Å²) >= 11 is 0. The lowest BCUT2D eigenvalue weighted by Gasteiger charge is -2.24. The van der Waals surface area contributed by atoms with Crippen molar-refractivity contribution in [2.45, 2.75) is 62.7 Å². The minimum absolute atomic E-state index is 0.0178. The minimum Gasteiger partial charge on any atom is -0.481 e. The summed E-state index contributed by atoms with van der Waals surface area (Å²) in [4.78, 5) is 67.6. The van der Waals surface area contributed by atoms with E-state index in [1.54, 1.807) is 0 Å². The van der Waals surface area contributed by atoms with E-state index in [-0.39, 0.29) is 63.5 Å². The summed E-state index contributed by atoms with van der Waals surface area (Å²) in [5.74, 6) is -5.56. The number of aliphatic carboxylic acids is 2. The van der Waals surface area contributed by atoms with Crippen LogP contribution in [-0.2, 0) is 24.0 Å². The van der Waals surface area contributed by atoms with E-state index in [1.807, 2.05) is 0 Å². The van der Waals surface area contributed by atoms with Crippen LogP contribution in [-0.4, -0.2) is 101 Å². The number of aliphatic imine (C=N–C) groups is 2. The number of aliphatic hydroxyl groups is 1. The number of guanidine groups is 2.